The molecule has 0 saturated heterocycles. The van der Waals surface area contributed by atoms with Crippen molar-refractivity contribution < 1.29 is 0 Å². The third-order valence-corrected chi connectivity index (χ3v) is 3.65. The summed E-state index contributed by atoms with van der Waals surface area (Å²) in [4.78, 5) is 4.28. The normalized spacial score (nSPS) is 10.5. The SMILES string of the molecule is Cc1cc(Br)ccc1-c1nc(Br)ns1. The second kappa shape index (κ2) is 4.08. The summed E-state index contributed by atoms with van der Waals surface area (Å²) in [6.07, 6.45) is 0. The fraction of sp³-hybridized carbons (Fsp3) is 0.111. The largest absolute Gasteiger partial charge is 0.209 e. The summed E-state index contributed by atoms with van der Waals surface area (Å²) in [6.45, 7) is 2.06. The van der Waals surface area contributed by atoms with Gasteiger partial charge in [0, 0.05) is 10.0 Å². The molecule has 72 valence electrons. The molecule has 0 atom stereocenters. The van der Waals surface area contributed by atoms with Crippen molar-refractivity contribution in [3.8, 4) is 10.6 Å². The molecule has 0 radical (unpaired) electrons. The van der Waals surface area contributed by atoms with Gasteiger partial charge in [-0.1, -0.05) is 22.0 Å². The van der Waals surface area contributed by atoms with Crippen LogP contribution in [0.25, 0.3) is 10.6 Å². The van der Waals surface area contributed by atoms with Crippen molar-refractivity contribution in [2.24, 2.45) is 0 Å². The Labute approximate surface area is 103 Å². The van der Waals surface area contributed by atoms with Crippen LogP contribution in [0.1, 0.15) is 5.56 Å². The number of hydrogen-bond acceptors (Lipinski definition) is 3. The summed E-state index contributed by atoms with van der Waals surface area (Å²) >= 11 is 8.08. The molecule has 0 saturated carbocycles. The van der Waals surface area contributed by atoms with Gasteiger partial charge in [0.2, 0.25) is 4.73 Å². The van der Waals surface area contributed by atoms with Gasteiger partial charge in [0.05, 0.1) is 0 Å². The summed E-state index contributed by atoms with van der Waals surface area (Å²) in [6, 6.07) is 6.13. The minimum absolute atomic E-state index is 0.653. The molecule has 1 heterocycles. The summed E-state index contributed by atoms with van der Waals surface area (Å²) in [5.74, 6) is 0. The van der Waals surface area contributed by atoms with E-state index in [9.17, 15) is 0 Å². The van der Waals surface area contributed by atoms with Crippen LogP contribution < -0.4 is 0 Å². The van der Waals surface area contributed by atoms with Crippen LogP contribution in [0.3, 0.4) is 0 Å². The molecule has 2 nitrogen and oxygen atoms in total. The summed E-state index contributed by atoms with van der Waals surface area (Å²) in [7, 11) is 0. The number of hydrogen-bond donors (Lipinski definition) is 0. The molecule has 2 aromatic rings. The van der Waals surface area contributed by atoms with Crippen molar-refractivity contribution in [1.82, 2.24) is 9.36 Å². The predicted octanol–water partition coefficient (Wildman–Crippen LogP) is 4.04. The Bertz CT molecular complexity index is 468. The van der Waals surface area contributed by atoms with E-state index in [1.165, 1.54) is 17.1 Å². The molecule has 5 heteroatoms. The Kier molecular flexibility index (Phi) is 2.99. The number of nitrogens with zero attached hydrogens (tertiary/aromatic N) is 2. The molecule has 0 aliphatic heterocycles. The molecule has 1 aromatic carbocycles. The van der Waals surface area contributed by atoms with Gasteiger partial charge >= 0.3 is 0 Å². The van der Waals surface area contributed by atoms with Gasteiger partial charge in [-0.15, -0.1) is 0 Å². The van der Waals surface area contributed by atoms with E-state index in [-0.39, 0.29) is 0 Å². The van der Waals surface area contributed by atoms with Gasteiger partial charge in [-0.25, -0.2) is 4.98 Å². The Morgan fingerprint density at radius 2 is 2.07 bits per heavy atom. The van der Waals surface area contributed by atoms with Gasteiger partial charge in [-0.05, 0) is 52.1 Å². The van der Waals surface area contributed by atoms with Crippen LogP contribution in [0.4, 0.5) is 0 Å². The number of aromatic nitrogens is 2. The minimum Gasteiger partial charge on any atom is -0.209 e. The van der Waals surface area contributed by atoms with Crippen molar-refractivity contribution in [3.05, 3.63) is 33.0 Å². The standard InChI is InChI=1S/C9H6Br2N2S/c1-5-4-6(10)2-3-7(5)8-12-9(11)13-14-8/h2-4H,1H3. The second-order valence-corrected chi connectivity index (χ2v) is 5.20. The van der Waals surface area contributed by atoms with Gasteiger partial charge in [0.15, 0.2) is 0 Å². The van der Waals surface area contributed by atoms with Crippen molar-refractivity contribution in [3.63, 3.8) is 0 Å². The first-order valence-corrected chi connectivity index (χ1v) is 6.28. The zero-order valence-corrected chi connectivity index (χ0v) is 11.3. The van der Waals surface area contributed by atoms with E-state index in [2.05, 4.69) is 54.2 Å². The zero-order chi connectivity index (χ0) is 10.1. The minimum atomic E-state index is 0.653. The first kappa shape index (κ1) is 10.3. The van der Waals surface area contributed by atoms with Crippen LogP contribution in [0, 0.1) is 6.92 Å². The summed E-state index contributed by atoms with van der Waals surface area (Å²) in [5.41, 5.74) is 2.33. The first-order valence-electron chi connectivity index (χ1n) is 3.92. The average Bonchev–Trinajstić information content (AvgIpc) is 2.51. The quantitative estimate of drug-likeness (QED) is 0.787. The van der Waals surface area contributed by atoms with Crippen LogP contribution in [0.5, 0.6) is 0 Å². The van der Waals surface area contributed by atoms with Gasteiger partial charge in [-0.2, -0.15) is 4.37 Å². The molecular formula is C9H6Br2N2S. The topological polar surface area (TPSA) is 25.8 Å². The van der Waals surface area contributed by atoms with Crippen LogP contribution in [0.15, 0.2) is 27.4 Å². The van der Waals surface area contributed by atoms with Crippen LogP contribution in [-0.4, -0.2) is 9.36 Å². The Hall–Kier alpha value is -0.260. The molecule has 0 spiro atoms. The lowest BCUT2D eigenvalue weighted by atomic mass is 10.1. The lowest BCUT2D eigenvalue weighted by Crippen LogP contribution is -1.81. The average molecular weight is 334 g/mol. The highest BCUT2D eigenvalue weighted by Gasteiger charge is 2.07. The van der Waals surface area contributed by atoms with Crippen molar-refractivity contribution in [2.75, 3.05) is 0 Å². The molecule has 14 heavy (non-hydrogen) atoms. The molecular weight excluding hydrogens is 328 g/mol. The third kappa shape index (κ3) is 2.04. The van der Waals surface area contributed by atoms with Crippen molar-refractivity contribution >= 4 is 43.4 Å². The van der Waals surface area contributed by atoms with Crippen LogP contribution >= 0.6 is 43.4 Å². The predicted molar refractivity (Wildman–Crippen MR) is 65.5 cm³/mol. The van der Waals surface area contributed by atoms with Crippen LogP contribution in [-0.2, 0) is 0 Å². The highest BCUT2D eigenvalue weighted by molar-refractivity contribution is 9.10. The van der Waals surface area contributed by atoms with Gasteiger partial charge < -0.3 is 0 Å². The fourth-order valence-electron chi connectivity index (χ4n) is 1.18. The number of halogens is 2. The maximum absolute atomic E-state index is 4.28. The van der Waals surface area contributed by atoms with Gasteiger partial charge in [0.25, 0.3) is 0 Å². The number of rotatable bonds is 1. The molecule has 0 bridgehead atoms. The molecule has 0 aliphatic carbocycles. The van der Waals surface area contributed by atoms with E-state index in [0.717, 1.165) is 15.0 Å². The maximum atomic E-state index is 4.28. The zero-order valence-electron chi connectivity index (χ0n) is 7.29. The Morgan fingerprint density at radius 1 is 1.29 bits per heavy atom. The fourth-order valence-corrected chi connectivity index (χ4v) is 2.83. The molecule has 1 aromatic heterocycles. The van der Waals surface area contributed by atoms with E-state index in [4.69, 9.17) is 0 Å². The lowest BCUT2D eigenvalue weighted by Gasteiger charge is -2.01. The molecule has 0 N–H and O–H groups in total. The molecule has 2 rings (SSSR count). The van der Waals surface area contributed by atoms with E-state index in [0.29, 0.717) is 4.73 Å². The molecule has 0 aliphatic rings. The monoisotopic (exact) mass is 332 g/mol. The van der Waals surface area contributed by atoms with Gasteiger partial charge in [-0.3, -0.25) is 0 Å². The van der Waals surface area contributed by atoms with Gasteiger partial charge in [0.1, 0.15) is 5.01 Å². The molecule has 0 unspecified atom stereocenters. The summed E-state index contributed by atoms with van der Waals surface area (Å²) in [5, 5.41) is 0.946. The maximum Gasteiger partial charge on any atom is 0.209 e. The summed E-state index contributed by atoms with van der Waals surface area (Å²) < 4.78 is 5.83. The number of benzene rings is 1. The Morgan fingerprint density at radius 3 is 2.64 bits per heavy atom. The highest BCUT2D eigenvalue weighted by Crippen LogP contribution is 2.28. The van der Waals surface area contributed by atoms with Crippen LogP contribution in [0.2, 0.25) is 0 Å². The second-order valence-electron chi connectivity index (χ2n) is 2.83. The third-order valence-electron chi connectivity index (χ3n) is 1.82. The van der Waals surface area contributed by atoms with E-state index >= 15 is 0 Å². The molecule has 0 amide bonds. The lowest BCUT2D eigenvalue weighted by molar-refractivity contribution is 1.25. The van der Waals surface area contributed by atoms with Crippen molar-refractivity contribution in [2.45, 2.75) is 6.92 Å². The smallest absolute Gasteiger partial charge is 0.209 e. The van der Waals surface area contributed by atoms with E-state index in [1.54, 1.807) is 0 Å². The molecule has 0 fully saturated rings. The highest BCUT2D eigenvalue weighted by atomic mass is 79.9. The Balaban J connectivity index is 2.52. The first-order chi connectivity index (χ1) is 6.66. The van der Waals surface area contributed by atoms with E-state index in [1.807, 2.05) is 12.1 Å². The van der Waals surface area contributed by atoms with Crippen molar-refractivity contribution in [1.29, 1.82) is 0 Å². The van der Waals surface area contributed by atoms with E-state index < -0.39 is 0 Å². The number of aryl methyl sites for hydroxylation is 1.